The van der Waals surface area contributed by atoms with E-state index < -0.39 is 17.5 Å². The van der Waals surface area contributed by atoms with Crippen molar-refractivity contribution in [2.75, 3.05) is 11.9 Å². The van der Waals surface area contributed by atoms with Gasteiger partial charge in [0.15, 0.2) is 11.6 Å². The number of nitrogens with two attached hydrogens (primary N) is 1. The van der Waals surface area contributed by atoms with Crippen molar-refractivity contribution in [1.82, 2.24) is 0 Å². The molecule has 6 heteroatoms. The van der Waals surface area contributed by atoms with Gasteiger partial charge in [0.1, 0.15) is 0 Å². The molecule has 0 heterocycles. The zero-order chi connectivity index (χ0) is 17.4. The second-order valence-electron chi connectivity index (χ2n) is 5.90. The monoisotopic (exact) mass is 330 g/mol. The average Bonchev–Trinajstić information content (AvgIpc) is 3.36. The molecule has 0 aromatic heterocycles. The third-order valence-corrected chi connectivity index (χ3v) is 4.36. The summed E-state index contributed by atoms with van der Waals surface area (Å²) in [5.74, 6) is -3.18. The van der Waals surface area contributed by atoms with Crippen LogP contribution in [0.2, 0.25) is 0 Å². The lowest BCUT2D eigenvalue weighted by molar-refractivity contribution is -0.119. The van der Waals surface area contributed by atoms with Crippen molar-refractivity contribution < 1.29 is 18.4 Å². The molecule has 3 rings (SSSR count). The highest BCUT2D eigenvalue weighted by Crippen LogP contribution is 2.49. The number of carbonyl (C=O) groups is 2. The van der Waals surface area contributed by atoms with Crippen LogP contribution in [0.15, 0.2) is 42.5 Å². The summed E-state index contributed by atoms with van der Waals surface area (Å²) < 4.78 is 27.1. The lowest BCUT2D eigenvalue weighted by Gasteiger charge is -2.17. The lowest BCUT2D eigenvalue weighted by atomic mass is 10.1. The van der Waals surface area contributed by atoms with Crippen molar-refractivity contribution in [2.45, 2.75) is 12.3 Å². The van der Waals surface area contributed by atoms with E-state index in [2.05, 4.69) is 0 Å². The topological polar surface area (TPSA) is 63.4 Å². The van der Waals surface area contributed by atoms with Crippen molar-refractivity contribution in [3.05, 3.63) is 65.2 Å². The molecule has 2 aromatic carbocycles. The van der Waals surface area contributed by atoms with Gasteiger partial charge >= 0.3 is 0 Å². The molecule has 4 nitrogen and oxygen atoms in total. The molecule has 1 aliphatic carbocycles. The first-order valence-electron chi connectivity index (χ1n) is 7.51. The van der Waals surface area contributed by atoms with Crippen molar-refractivity contribution >= 4 is 17.5 Å². The number of hydrogen-bond acceptors (Lipinski definition) is 2. The number of amides is 2. The number of nitrogens with zero attached hydrogens (tertiary/aromatic N) is 1. The molecule has 2 aromatic rings. The van der Waals surface area contributed by atoms with E-state index in [0.29, 0.717) is 17.7 Å². The van der Waals surface area contributed by atoms with Gasteiger partial charge in [-0.1, -0.05) is 12.1 Å². The van der Waals surface area contributed by atoms with Crippen LogP contribution < -0.4 is 10.6 Å². The molecule has 2 amide bonds. The summed E-state index contributed by atoms with van der Waals surface area (Å²) in [5.41, 5.74) is 6.38. The predicted octanol–water partition coefficient (Wildman–Crippen LogP) is 2.83. The van der Waals surface area contributed by atoms with Gasteiger partial charge in [-0.25, -0.2) is 8.78 Å². The molecule has 1 saturated carbocycles. The van der Waals surface area contributed by atoms with Crippen molar-refractivity contribution in [3.8, 4) is 0 Å². The van der Waals surface area contributed by atoms with Crippen LogP contribution in [0, 0.1) is 17.6 Å². The number of benzene rings is 2. The molecule has 1 aliphatic rings. The molecule has 2 atom stereocenters. The lowest BCUT2D eigenvalue weighted by Crippen LogP contribution is -2.28. The van der Waals surface area contributed by atoms with E-state index >= 15 is 0 Å². The third kappa shape index (κ3) is 2.87. The highest BCUT2D eigenvalue weighted by molar-refractivity contribution is 5.98. The summed E-state index contributed by atoms with van der Waals surface area (Å²) in [7, 11) is 1.61. The molecule has 24 heavy (non-hydrogen) atoms. The number of carbonyl (C=O) groups excluding carboxylic acids is 2. The summed E-state index contributed by atoms with van der Waals surface area (Å²) >= 11 is 0. The average molecular weight is 330 g/mol. The van der Waals surface area contributed by atoms with Crippen LogP contribution in [-0.2, 0) is 4.79 Å². The maximum absolute atomic E-state index is 13.8. The zero-order valence-corrected chi connectivity index (χ0v) is 13.0. The van der Waals surface area contributed by atoms with Crippen LogP contribution in [0.5, 0.6) is 0 Å². The van der Waals surface area contributed by atoms with Crippen molar-refractivity contribution in [3.63, 3.8) is 0 Å². The fourth-order valence-electron chi connectivity index (χ4n) is 2.84. The fourth-order valence-corrected chi connectivity index (χ4v) is 2.84. The number of primary amides is 1. The number of anilines is 1. The predicted molar refractivity (Wildman–Crippen MR) is 85.6 cm³/mol. The Bertz CT molecular complexity index is 805. The number of halogens is 2. The standard InChI is InChI=1S/C18H16F2N2O2/c1-22(11-7-5-10(6-8-11)17(21)23)18(24)14-9-13(14)12-3-2-4-15(19)16(12)20/h2-8,13-14H,9H2,1H3,(H2,21,23)/t13-,14+/m0/s1. The van der Waals surface area contributed by atoms with E-state index in [4.69, 9.17) is 5.73 Å². The second kappa shape index (κ2) is 6.03. The summed E-state index contributed by atoms with van der Waals surface area (Å²) in [6.45, 7) is 0. The van der Waals surface area contributed by atoms with Gasteiger partial charge in [0.05, 0.1) is 0 Å². The number of rotatable bonds is 4. The molecule has 0 aliphatic heterocycles. The third-order valence-electron chi connectivity index (χ3n) is 4.36. The Labute approximate surface area is 137 Å². The normalized spacial score (nSPS) is 19.0. The van der Waals surface area contributed by atoms with Crippen molar-refractivity contribution in [1.29, 1.82) is 0 Å². The van der Waals surface area contributed by atoms with Crippen LogP contribution in [0.25, 0.3) is 0 Å². The molecule has 0 unspecified atom stereocenters. The second-order valence-corrected chi connectivity index (χ2v) is 5.90. The van der Waals surface area contributed by atoms with Crippen LogP contribution in [0.4, 0.5) is 14.5 Å². The maximum Gasteiger partial charge on any atom is 0.248 e. The highest BCUT2D eigenvalue weighted by Gasteiger charge is 2.46. The van der Waals surface area contributed by atoms with Gasteiger partial charge in [0.2, 0.25) is 11.8 Å². The molecule has 0 saturated heterocycles. The van der Waals surface area contributed by atoms with E-state index in [9.17, 15) is 18.4 Å². The molecule has 0 spiro atoms. The molecular weight excluding hydrogens is 314 g/mol. The van der Waals surface area contributed by atoms with E-state index in [1.165, 1.54) is 29.2 Å². The van der Waals surface area contributed by atoms with Crippen molar-refractivity contribution in [2.24, 2.45) is 11.7 Å². The summed E-state index contributed by atoms with van der Waals surface area (Å²) in [5, 5.41) is 0. The minimum Gasteiger partial charge on any atom is -0.366 e. The minimum absolute atomic E-state index is 0.171. The molecule has 0 bridgehead atoms. The van der Waals surface area contributed by atoms with Crippen LogP contribution in [-0.4, -0.2) is 18.9 Å². The minimum atomic E-state index is -0.902. The summed E-state index contributed by atoms with van der Waals surface area (Å²) in [6, 6.07) is 10.3. The van der Waals surface area contributed by atoms with Crippen LogP contribution in [0.1, 0.15) is 28.3 Å². The first-order chi connectivity index (χ1) is 11.4. The first-order valence-corrected chi connectivity index (χ1v) is 7.51. The molecule has 2 N–H and O–H groups in total. The largest absolute Gasteiger partial charge is 0.366 e. The fraction of sp³-hybridized carbons (Fsp3) is 0.222. The van der Waals surface area contributed by atoms with Crippen LogP contribution in [0.3, 0.4) is 0 Å². The van der Waals surface area contributed by atoms with E-state index in [1.807, 2.05) is 0 Å². The summed E-state index contributed by atoms with van der Waals surface area (Å²) in [4.78, 5) is 25.0. The Hall–Kier alpha value is -2.76. The van der Waals surface area contributed by atoms with Gasteiger partial charge in [-0.15, -0.1) is 0 Å². The molecule has 124 valence electrons. The van der Waals surface area contributed by atoms with Gasteiger partial charge in [0, 0.05) is 24.2 Å². The summed E-state index contributed by atoms with van der Waals surface area (Å²) in [6.07, 6.45) is 0.489. The smallest absolute Gasteiger partial charge is 0.248 e. The quantitative estimate of drug-likeness (QED) is 0.937. The Kier molecular flexibility index (Phi) is 4.05. The highest BCUT2D eigenvalue weighted by atomic mass is 19.2. The Morgan fingerprint density at radius 1 is 1.12 bits per heavy atom. The zero-order valence-electron chi connectivity index (χ0n) is 13.0. The SMILES string of the molecule is CN(C(=O)[C@@H]1C[C@H]1c1cccc(F)c1F)c1ccc(C(N)=O)cc1. The Morgan fingerprint density at radius 2 is 1.79 bits per heavy atom. The van der Waals surface area contributed by atoms with Gasteiger partial charge in [-0.2, -0.15) is 0 Å². The van der Waals surface area contributed by atoms with Crippen LogP contribution >= 0.6 is 0 Å². The van der Waals surface area contributed by atoms with Gasteiger partial charge in [0.25, 0.3) is 0 Å². The maximum atomic E-state index is 13.8. The van der Waals surface area contributed by atoms with Gasteiger partial charge in [-0.05, 0) is 48.2 Å². The number of hydrogen-bond donors (Lipinski definition) is 1. The molecule has 0 radical (unpaired) electrons. The van der Waals surface area contributed by atoms with E-state index in [1.54, 1.807) is 19.2 Å². The van der Waals surface area contributed by atoms with Gasteiger partial charge < -0.3 is 10.6 Å². The Morgan fingerprint density at radius 3 is 2.42 bits per heavy atom. The van der Waals surface area contributed by atoms with Gasteiger partial charge in [-0.3, -0.25) is 9.59 Å². The molecular formula is C18H16F2N2O2. The van der Waals surface area contributed by atoms with E-state index in [0.717, 1.165) is 6.07 Å². The Balaban J connectivity index is 1.73. The van der Waals surface area contributed by atoms with E-state index in [-0.39, 0.29) is 23.3 Å². The first kappa shape index (κ1) is 16.1. The molecule has 1 fully saturated rings.